The molecule has 0 saturated heterocycles. The number of nitrogens with one attached hydrogen (secondary N) is 1. The number of thiazole rings is 1. The topological polar surface area (TPSA) is 68.0 Å². The summed E-state index contributed by atoms with van der Waals surface area (Å²) in [6.45, 7) is 6.00. The first-order valence-electron chi connectivity index (χ1n) is 6.18. The number of anilines is 1. The summed E-state index contributed by atoms with van der Waals surface area (Å²) in [5.74, 6) is -0.470. The zero-order valence-corrected chi connectivity index (χ0v) is 13.1. The maximum absolute atomic E-state index is 11.2. The second kappa shape index (κ2) is 5.81. The Morgan fingerprint density at radius 3 is 2.70 bits per heavy atom. The van der Waals surface area contributed by atoms with Gasteiger partial charge in [0.15, 0.2) is 0 Å². The van der Waals surface area contributed by atoms with Crippen molar-refractivity contribution >= 4 is 34.5 Å². The summed E-state index contributed by atoms with van der Waals surface area (Å²) < 4.78 is 0. The summed E-state index contributed by atoms with van der Waals surface area (Å²) in [6.07, 6.45) is 0. The Balaban J connectivity index is 2.27. The highest BCUT2D eigenvalue weighted by molar-refractivity contribution is 7.11. The van der Waals surface area contributed by atoms with E-state index in [9.17, 15) is 4.79 Å². The number of nitrogens with zero attached hydrogens (tertiary/aromatic N) is 1. The summed E-state index contributed by atoms with van der Waals surface area (Å²) in [6, 6.07) is 5.01. The number of hydrogen-bond donors (Lipinski definition) is 2. The first-order chi connectivity index (χ1) is 9.38. The minimum absolute atomic E-state index is 0.0572. The number of rotatable bonds is 4. The maximum atomic E-state index is 11.2. The van der Waals surface area contributed by atoms with E-state index >= 15 is 0 Å². The standard InChI is InChI=1S/C14H16ClN3OS/c1-7-13(20-9(3)17-7)8(2)18-12-6-10(14(16)19)4-5-11(12)15/h4-6,8,18H,1-3H3,(H2,16,19). The van der Waals surface area contributed by atoms with Crippen LogP contribution in [0.3, 0.4) is 0 Å². The molecule has 1 unspecified atom stereocenters. The fourth-order valence-corrected chi connectivity index (χ4v) is 3.14. The van der Waals surface area contributed by atoms with Gasteiger partial charge in [-0.1, -0.05) is 11.6 Å². The Morgan fingerprint density at radius 1 is 1.45 bits per heavy atom. The second-order valence-corrected chi connectivity index (χ2v) is 6.25. The van der Waals surface area contributed by atoms with E-state index in [0.717, 1.165) is 15.6 Å². The number of aromatic nitrogens is 1. The molecule has 0 aliphatic heterocycles. The summed E-state index contributed by atoms with van der Waals surface area (Å²) in [5, 5.41) is 4.89. The lowest BCUT2D eigenvalue weighted by atomic mass is 10.1. The van der Waals surface area contributed by atoms with Crippen LogP contribution in [-0.2, 0) is 0 Å². The highest BCUT2D eigenvalue weighted by Crippen LogP contribution is 2.31. The quantitative estimate of drug-likeness (QED) is 0.905. The van der Waals surface area contributed by atoms with Gasteiger partial charge in [-0.3, -0.25) is 4.79 Å². The number of hydrogen-bond acceptors (Lipinski definition) is 4. The molecule has 1 heterocycles. The molecule has 3 N–H and O–H groups in total. The first kappa shape index (κ1) is 14.8. The van der Waals surface area contributed by atoms with Crippen molar-refractivity contribution in [3.8, 4) is 0 Å². The molecule has 1 aromatic heterocycles. The molecule has 0 bridgehead atoms. The molecule has 1 atom stereocenters. The lowest BCUT2D eigenvalue weighted by Crippen LogP contribution is -2.12. The summed E-state index contributed by atoms with van der Waals surface area (Å²) in [4.78, 5) is 16.8. The number of halogens is 1. The van der Waals surface area contributed by atoms with E-state index in [-0.39, 0.29) is 6.04 Å². The molecule has 0 radical (unpaired) electrons. The highest BCUT2D eigenvalue weighted by Gasteiger charge is 2.15. The Bertz CT molecular complexity index is 654. The third-order valence-corrected chi connectivity index (χ3v) is 4.54. The number of nitrogens with two attached hydrogens (primary N) is 1. The number of carbonyl (C=O) groups is 1. The van der Waals surface area contributed by atoms with Gasteiger partial charge >= 0.3 is 0 Å². The molecule has 1 amide bonds. The van der Waals surface area contributed by atoms with Gasteiger partial charge in [-0.15, -0.1) is 11.3 Å². The minimum atomic E-state index is -0.470. The van der Waals surface area contributed by atoms with E-state index in [2.05, 4.69) is 10.3 Å². The van der Waals surface area contributed by atoms with Gasteiger partial charge in [0.1, 0.15) is 0 Å². The zero-order valence-electron chi connectivity index (χ0n) is 11.5. The van der Waals surface area contributed by atoms with Gasteiger partial charge in [0.2, 0.25) is 5.91 Å². The number of aryl methyl sites for hydroxylation is 2. The summed E-state index contributed by atoms with van der Waals surface area (Å²) in [5.41, 5.74) is 7.42. The fourth-order valence-electron chi connectivity index (χ4n) is 2.04. The summed E-state index contributed by atoms with van der Waals surface area (Å²) >= 11 is 7.80. The molecule has 1 aromatic carbocycles. The van der Waals surface area contributed by atoms with Crippen LogP contribution in [-0.4, -0.2) is 10.9 Å². The first-order valence-corrected chi connectivity index (χ1v) is 7.37. The van der Waals surface area contributed by atoms with Crippen molar-refractivity contribution in [1.29, 1.82) is 0 Å². The van der Waals surface area contributed by atoms with Crippen LogP contribution in [0.2, 0.25) is 5.02 Å². The molecular weight excluding hydrogens is 294 g/mol. The SMILES string of the molecule is Cc1nc(C)c(C(C)Nc2cc(C(N)=O)ccc2Cl)s1. The number of benzene rings is 1. The van der Waals surface area contributed by atoms with E-state index in [1.165, 1.54) is 0 Å². The van der Waals surface area contributed by atoms with E-state index in [4.69, 9.17) is 17.3 Å². The van der Waals surface area contributed by atoms with Crippen LogP contribution in [0.15, 0.2) is 18.2 Å². The highest BCUT2D eigenvalue weighted by atomic mass is 35.5. The average Bonchev–Trinajstić information content (AvgIpc) is 2.71. The van der Waals surface area contributed by atoms with Crippen LogP contribution in [0.4, 0.5) is 5.69 Å². The predicted octanol–water partition coefficient (Wildman–Crippen LogP) is 3.69. The Morgan fingerprint density at radius 2 is 2.15 bits per heavy atom. The largest absolute Gasteiger partial charge is 0.376 e. The van der Waals surface area contributed by atoms with Gasteiger partial charge < -0.3 is 11.1 Å². The smallest absolute Gasteiger partial charge is 0.248 e. The van der Waals surface area contributed by atoms with Crippen molar-refractivity contribution in [2.75, 3.05) is 5.32 Å². The Labute approximate surface area is 127 Å². The monoisotopic (exact) mass is 309 g/mol. The van der Waals surface area contributed by atoms with Gasteiger partial charge in [-0.25, -0.2) is 4.98 Å². The second-order valence-electron chi connectivity index (χ2n) is 4.61. The fraction of sp³-hybridized carbons (Fsp3) is 0.286. The zero-order chi connectivity index (χ0) is 14.9. The number of amides is 1. The van der Waals surface area contributed by atoms with Crippen molar-refractivity contribution in [3.05, 3.63) is 44.4 Å². The van der Waals surface area contributed by atoms with E-state index in [1.807, 2.05) is 20.8 Å². The molecule has 2 aromatic rings. The van der Waals surface area contributed by atoms with E-state index < -0.39 is 5.91 Å². The van der Waals surface area contributed by atoms with Crippen LogP contribution >= 0.6 is 22.9 Å². The van der Waals surface area contributed by atoms with Gasteiger partial charge in [0.05, 0.1) is 27.5 Å². The van der Waals surface area contributed by atoms with Crippen LogP contribution < -0.4 is 11.1 Å². The van der Waals surface area contributed by atoms with Crippen LogP contribution in [0, 0.1) is 13.8 Å². The maximum Gasteiger partial charge on any atom is 0.248 e. The Hall–Kier alpha value is -1.59. The van der Waals surface area contributed by atoms with Gasteiger partial charge in [0.25, 0.3) is 0 Å². The molecule has 0 aliphatic carbocycles. The van der Waals surface area contributed by atoms with Crippen LogP contribution in [0.25, 0.3) is 0 Å². The molecule has 2 rings (SSSR count). The molecule has 4 nitrogen and oxygen atoms in total. The third-order valence-electron chi connectivity index (χ3n) is 2.96. The predicted molar refractivity (Wildman–Crippen MR) is 83.6 cm³/mol. The third kappa shape index (κ3) is 3.11. The molecule has 0 aliphatic rings. The number of primary amides is 1. The van der Waals surface area contributed by atoms with Crippen molar-refractivity contribution in [2.24, 2.45) is 5.73 Å². The van der Waals surface area contributed by atoms with Crippen molar-refractivity contribution < 1.29 is 4.79 Å². The van der Waals surface area contributed by atoms with Crippen LogP contribution in [0.1, 0.15) is 38.9 Å². The lowest BCUT2D eigenvalue weighted by Gasteiger charge is -2.16. The molecule has 0 spiro atoms. The van der Waals surface area contributed by atoms with Gasteiger partial charge in [-0.05, 0) is 39.0 Å². The Kier molecular flexibility index (Phi) is 4.30. The average molecular weight is 310 g/mol. The molecule has 0 saturated carbocycles. The minimum Gasteiger partial charge on any atom is -0.376 e. The molecule has 106 valence electrons. The molecular formula is C14H16ClN3OS. The van der Waals surface area contributed by atoms with Gasteiger partial charge in [0, 0.05) is 10.4 Å². The van der Waals surface area contributed by atoms with E-state index in [0.29, 0.717) is 16.3 Å². The molecule has 6 heteroatoms. The van der Waals surface area contributed by atoms with Crippen LogP contribution in [0.5, 0.6) is 0 Å². The lowest BCUT2D eigenvalue weighted by molar-refractivity contribution is 0.100. The van der Waals surface area contributed by atoms with E-state index in [1.54, 1.807) is 29.5 Å². The van der Waals surface area contributed by atoms with Crippen molar-refractivity contribution in [1.82, 2.24) is 4.98 Å². The normalized spacial score (nSPS) is 12.2. The van der Waals surface area contributed by atoms with Crippen molar-refractivity contribution in [2.45, 2.75) is 26.8 Å². The van der Waals surface area contributed by atoms with Gasteiger partial charge in [-0.2, -0.15) is 0 Å². The molecule has 0 fully saturated rings. The van der Waals surface area contributed by atoms with Crippen molar-refractivity contribution in [3.63, 3.8) is 0 Å². The number of carbonyl (C=O) groups excluding carboxylic acids is 1. The molecule has 20 heavy (non-hydrogen) atoms. The summed E-state index contributed by atoms with van der Waals surface area (Å²) in [7, 11) is 0.